The van der Waals surface area contributed by atoms with E-state index in [0.29, 0.717) is 17.9 Å². The highest BCUT2D eigenvalue weighted by Gasteiger charge is 2.51. The summed E-state index contributed by atoms with van der Waals surface area (Å²) in [4.78, 5) is 0.00999. The number of aliphatic hydroxyl groups excluding tert-OH is 1. The summed E-state index contributed by atoms with van der Waals surface area (Å²) in [6.07, 6.45) is 1.31. The van der Waals surface area contributed by atoms with Gasteiger partial charge in [-0.1, -0.05) is 23.2 Å². The Bertz CT molecular complexity index is 570. The van der Waals surface area contributed by atoms with Crippen LogP contribution in [0.5, 0.6) is 0 Å². The van der Waals surface area contributed by atoms with Crippen LogP contribution in [0.3, 0.4) is 0 Å². The lowest BCUT2D eigenvalue weighted by Gasteiger charge is -2.26. The van der Waals surface area contributed by atoms with Crippen LogP contribution in [-0.2, 0) is 10.0 Å². The average Bonchev–Trinajstić information content (AvgIpc) is 3.08. The molecule has 1 aromatic carbocycles. The highest BCUT2D eigenvalue weighted by atomic mass is 35.5. The van der Waals surface area contributed by atoms with E-state index in [1.807, 2.05) is 0 Å². The highest BCUT2D eigenvalue weighted by molar-refractivity contribution is 7.89. The lowest BCUT2D eigenvalue weighted by Crippen LogP contribution is -2.41. The van der Waals surface area contributed by atoms with Crippen molar-refractivity contribution in [2.75, 3.05) is 13.7 Å². The van der Waals surface area contributed by atoms with Crippen LogP contribution < -0.4 is 0 Å². The lowest BCUT2D eigenvalue weighted by molar-refractivity contribution is 0.187. The summed E-state index contributed by atoms with van der Waals surface area (Å²) in [5.74, 6) is 0. The summed E-state index contributed by atoms with van der Waals surface area (Å²) >= 11 is 11.7. The van der Waals surface area contributed by atoms with E-state index in [2.05, 4.69) is 0 Å². The average molecular weight is 310 g/mol. The van der Waals surface area contributed by atoms with Gasteiger partial charge in [0.05, 0.1) is 17.2 Å². The quantitative estimate of drug-likeness (QED) is 0.927. The number of rotatable bonds is 4. The number of hydrogen-bond acceptors (Lipinski definition) is 3. The fourth-order valence-electron chi connectivity index (χ4n) is 1.80. The molecule has 1 saturated carbocycles. The first-order valence-electron chi connectivity index (χ1n) is 5.38. The van der Waals surface area contributed by atoms with Crippen molar-refractivity contribution < 1.29 is 13.5 Å². The van der Waals surface area contributed by atoms with Gasteiger partial charge in [0.1, 0.15) is 4.90 Å². The number of sulfonamides is 1. The molecule has 0 unspecified atom stereocenters. The highest BCUT2D eigenvalue weighted by Crippen LogP contribution is 2.43. The van der Waals surface area contributed by atoms with Crippen LogP contribution in [0.15, 0.2) is 23.1 Å². The van der Waals surface area contributed by atoms with Gasteiger partial charge >= 0.3 is 0 Å². The molecule has 0 saturated heterocycles. The molecule has 1 aliphatic carbocycles. The number of halogens is 2. The topological polar surface area (TPSA) is 57.6 Å². The van der Waals surface area contributed by atoms with Gasteiger partial charge in [-0.25, -0.2) is 8.42 Å². The lowest BCUT2D eigenvalue weighted by atomic mass is 10.3. The first kappa shape index (κ1) is 14.1. The monoisotopic (exact) mass is 309 g/mol. The van der Waals surface area contributed by atoms with E-state index in [1.165, 1.54) is 29.6 Å². The Hall–Kier alpha value is -0.330. The Balaban J connectivity index is 2.42. The fourth-order valence-corrected chi connectivity index (χ4v) is 4.10. The van der Waals surface area contributed by atoms with E-state index >= 15 is 0 Å². The molecule has 100 valence electrons. The molecule has 0 aliphatic heterocycles. The molecule has 0 bridgehead atoms. The van der Waals surface area contributed by atoms with E-state index in [1.54, 1.807) is 0 Å². The van der Waals surface area contributed by atoms with Crippen molar-refractivity contribution in [3.8, 4) is 0 Å². The van der Waals surface area contributed by atoms with Gasteiger partial charge in [0, 0.05) is 12.1 Å². The zero-order chi connectivity index (χ0) is 13.6. The van der Waals surface area contributed by atoms with Crippen LogP contribution in [0, 0.1) is 0 Å². The summed E-state index contributed by atoms with van der Waals surface area (Å²) in [5, 5.41) is 9.76. The van der Waals surface area contributed by atoms with Crippen molar-refractivity contribution in [2.24, 2.45) is 0 Å². The first-order chi connectivity index (χ1) is 8.33. The second kappa shape index (κ2) is 4.65. The second-order valence-electron chi connectivity index (χ2n) is 4.43. The summed E-state index contributed by atoms with van der Waals surface area (Å²) in [5.41, 5.74) is -0.665. The van der Waals surface area contributed by atoms with Gasteiger partial charge < -0.3 is 5.11 Å². The minimum Gasteiger partial charge on any atom is -0.394 e. The van der Waals surface area contributed by atoms with Crippen molar-refractivity contribution in [2.45, 2.75) is 23.3 Å². The molecule has 7 heteroatoms. The zero-order valence-corrected chi connectivity index (χ0v) is 12.1. The van der Waals surface area contributed by atoms with E-state index in [4.69, 9.17) is 23.2 Å². The first-order valence-corrected chi connectivity index (χ1v) is 7.58. The number of nitrogens with zero attached hydrogens (tertiary/aromatic N) is 1. The van der Waals surface area contributed by atoms with Gasteiger partial charge in [-0.05, 0) is 31.0 Å². The molecule has 4 nitrogen and oxygen atoms in total. The van der Waals surface area contributed by atoms with Crippen molar-refractivity contribution in [1.29, 1.82) is 0 Å². The number of aliphatic hydroxyl groups is 1. The van der Waals surface area contributed by atoms with E-state index in [9.17, 15) is 13.5 Å². The zero-order valence-electron chi connectivity index (χ0n) is 9.73. The molecule has 1 N–H and O–H groups in total. The summed E-state index contributed by atoms with van der Waals surface area (Å²) in [6, 6.07) is 4.25. The van der Waals surface area contributed by atoms with Crippen LogP contribution >= 0.6 is 23.2 Å². The Kier molecular flexibility index (Phi) is 3.64. The van der Waals surface area contributed by atoms with Gasteiger partial charge in [-0.2, -0.15) is 4.31 Å². The van der Waals surface area contributed by atoms with Gasteiger partial charge in [0.25, 0.3) is 0 Å². The molecular weight excluding hydrogens is 297 g/mol. The SMILES string of the molecule is CN(C1(CO)CC1)S(=O)(=O)c1ccc(Cl)cc1Cl. The summed E-state index contributed by atoms with van der Waals surface area (Å²) in [6.45, 7) is -0.187. The van der Waals surface area contributed by atoms with Gasteiger partial charge in [-0.3, -0.25) is 0 Å². The third-order valence-electron chi connectivity index (χ3n) is 3.32. The number of hydrogen-bond donors (Lipinski definition) is 1. The van der Waals surface area contributed by atoms with Crippen LogP contribution in [0.1, 0.15) is 12.8 Å². The maximum atomic E-state index is 12.4. The molecule has 1 fully saturated rings. The summed E-state index contributed by atoms with van der Waals surface area (Å²) < 4.78 is 26.0. The Morgan fingerprint density at radius 3 is 2.44 bits per heavy atom. The van der Waals surface area contributed by atoms with Crippen LogP contribution in [0.25, 0.3) is 0 Å². The van der Waals surface area contributed by atoms with E-state index < -0.39 is 15.6 Å². The molecule has 1 aromatic rings. The van der Waals surface area contributed by atoms with E-state index in [0.717, 1.165) is 0 Å². The van der Waals surface area contributed by atoms with E-state index in [-0.39, 0.29) is 16.5 Å². The van der Waals surface area contributed by atoms with Crippen LogP contribution in [0.4, 0.5) is 0 Å². The second-order valence-corrected chi connectivity index (χ2v) is 7.21. The maximum absolute atomic E-state index is 12.4. The molecule has 0 heterocycles. The summed E-state index contributed by atoms with van der Waals surface area (Å²) in [7, 11) is -2.25. The molecule has 0 aromatic heterocycles. The molecule has 2 rings (SSSR count). The Morgan fingerprint density at radius 2 is 2.00 bits per heavy atom. The third kappa shape index (κ3) is 2.26. The van der Waals surface area contributed by atoms with Gasteiger partial charge in [-0.15, -0.1) is 0 Å². The smallest absolute Gasteiger partial charge is 0.244 e. The molecule has 0 radical (unpaired) electrons. The molecule has 0 amide bonds. The van der Waals surface area contributed by atoms with Gasteiger partial charge in [0.15, 0.2) is 0 Å². The van der Waals surface area contributed by atoms with Crippen molar-refractivity contribution >= 4 is 33.2 Å². The molecule has 0 spiro atoms. The molecule has 1 aliphatic rings. The number of likely N-dealkylation sites (N-methyl/N-ethyl adjacent to an activating group) is 1. The third-order valence-corrected chi connectivity index (χ3v) is 6.00. The van der Waals surface area contributed by atoms with Crippen molar-refractivity contribution in [3.63, 3.8) is 0 Å². The molecular formula is C11H13Cl2NO3S. The minimum absolute atomic E-state index is 0.00999. The maximum Gasteiger partial charge on any atom is 0.244 e. The van der Waals surface area contributed by atoms with Crippen LogP contribution in [0.2, 0.25) is 10.0 Å². The van der Waals surface area contributed by atoms with Crippen molar-refractivity contribution in [3.05, 3.63) is 28.2 Å². The normalized spacial score (nSPS) is 18.1. The minimum atomic E-state index is -3.71. The molecule has 18 heavy (non-hydrogen) atoms. The van der Waals surface area contributed by atoms with Crippen LogP contribution in [-0.4, -0.2) is 37.0 Å². The Labute approximate surface area is 116 Å². The number of benzene rings is 1. The van der Waals surface area contributed by atoms with Crippen molar-refractivity contribution in [1.82, 2.24) is 4.31 Å². The Morgan fingerprint density at radius 1 is 1.39 bits per heavy atom. The van der Waals surface area contributed by atoms with Gasteiger partial charge in [0.2, 0.25) is 10.0 Å². The standard InChI is InChI=1S/C11H13Cl2NO3S/c1-14(11(7-15)4-5-11)18(16,17)10-3-2-8(12)6-9(10)13/h2-3,6,15H,4-5,7H2,1H3. The largest absolute Gasteiger partial charge is 0.394 e. The fraction of sp³-hybridized carbons (Fsp3) is 0.455. The predicted molar refractivity (Wildman–Crippen MR) is 70.5 cm³/mol. The predicted octanol–water partition coefficient (Wildman–Crippen LogP) is 2.14. The molecule has 0 atom stereocenters.